The molecule has 144 valence electrons. The molecule has 28 heavy (non-hydrogen) atoms. The van der Waals surface area contributed by atoms with Gasteiger partial charge in [0.15, 0.2) is 0 Å². The number of sulfonamides is 1. The molecule has 0 aliphatic carbocycles. The maximum atomic E-state index is 12.8. The monoisotopic (exact) mass is 396 g/mol. The molecule has 1 aliphatic rings. The Morgan fingerprint density at radius 1 is 0.857 bits per heavy atom. The number of benzene rings is 2. The molecule has 1 fully saturated rings. The van der Waals surface area contributed by atoms with Gasteiger partial charge in [-0.05, 0) is 12.1 Å². The Hall–Kier alpha value is -2.97. The maximum absolute atomic E-state index is 12.8. The minimum Gasteiger partial charge on any atom is -0.367 e. The van der Waals surface area contributed by atoms with Crippen LogP contribution < -0.4 is 10.5 Å². The van der Waals surface area contributed by atoms with E-state index in [-0.39, 0.29) is 5.56 Å². The first-order valence-corrected chi connectivity index (χ1v) is 10.4. The van der Waals surface area contributed by atoms with E-state index in [1.165, 1.54) is 10.4 Å². The molecule has 2 aromatic carbocycles. The van der Waals surface area contributed by atoms with Crippen LogP contribution in [0.1, 0.15) is 0 Å². The molecular weight excluding hydrogens is 376 g/mol. The highest BCUT2D eigenvalue weighted by atomic mass is 32.2. The molecule has 0 unspecified atom stereocenters. The van der Waals surface area contributed by atoms with Crippen LogP contribution in [0.2, 0.25) is 0 Å². The summed E-state index contributed by atoms with van der Waals surface area (Å²) in [5.74, 6) is 0. The number of hydrogen-bond donors (Lipinski definition) is 1. The average Bonchev–Trinajstić information content (AvgIpc) is 2.75. The molecule has 7 nitrogen and oxygen atoms in total. The Kier molecular flexibility index (Phi) is 4.97. The van der Waals surface area contributed by atoms with Gasteiger partial charge in [-0.2, -0.15) is 9.40 Å². The van der Waals surface area contributed by atoms with E-state index in [0.29, 0.717) is 42.5 Å². The SMILES string of the molecule is O=c1cc(N2CCN(S(=O)(=O)c3ccccc3)CC2)c(-c2ccccc2)n[nH]1. The van der Waals surface area contributed by atoms with E-state index < -0.39 is 10.0 Å². The zero-order valence-corrected chi connectivity index (χ0v) is 16.0. The second-order valence-electron chi connectivity index (χ2n) is 6.54. The lowest BCUT2D eigenvalue weighted by Gasteiger charge is -2.35. The zero-order valence-electron chi connectivity index (χ0n) is 15.2. The molecule has 0 radical (unpaired) electrons. The predicted molar refractivity (Wildman–Crippen MR) is 108 cm³/mol. The Morgan fingerprint density at radius 2 is 1.46 bits per heavy atom. The third-order valence-corrected chi connectivity index (χ3v) is 6.71. The van der Waals surface area contributed by atoms with Crippen LogP contribution in [0.5, 0.6) is 0 Å². The number of anilines is 1. The number of hydrogen-bond acceptors (Lipinski definition) is 5. The summed E-state index contributed by atoms with van der Waals surface area (Å²) in [5.41, 5.74) is 2.01. The molecule has 0 spiro atoms. The quantitative estimate of drug-likeness (QED) is 0.728. The van der Waals surface area contributed by atoms with Gasteiger partial charge in [-0.3, -0.25) is 4.79 Å². The summed E-state index contributed by atoms with van der Waals surface area (Å²) < 4.78 is 27.1. The molecule has 1 N–H and O–H groups in total. The van der Waals surface area contributed by atoms with E-state index in [9.17, 15) is 13.2 Å². The highest BCUT2D eigenvalue weighted by molar-refractivity contribution is 7.89. The number of piperazine rings is 1. The van der Waals surface area contributed by atoms with Crippen molar-refractivity contribution < 1.29 is 8.42 Å². The number of nitrogens with zero attached hydrogens (tertiary/aromatic N) is 3. The van der Waals surface area contributed by atoms with Crippen molar-refractivity contribution in [3.8, 4) is 11.3 Å². The van der Waals surface area contributed by atoms with Gasteiger partial charge in [-0.15, -0.1) is 0 Å². The van der Waals surface area contributed by atoms with Crippen LogP contribution in [0.3, 0.4) is 0 Å². The van der Waals surface area contributed by atoms with Gasteiger partial charge in [-0.1, -0.05) is 48.5 Å². The van der Waals surface area contributed by atoms with E-state index in [2.05, 4.69) is 10.2 Å². The molecule has 1 saturated heterocycles. The second kappa shape index (κ2) is 7.57. The molecule has 1 aliphatic heterocycles. The Morgan fingerprint density at radius 3 is 2.11 bits per heavy atom. The highest BCUT2D eigenvalue weighted by Crippen LogP contribution is 2.28. The summed E-state index contributed by atoms with van der Waals surface area (Å²) in [4.78, 5) is 14.2. The van der Waals surface area contributed by atoms with Crippen LogP contribution in [-0.4, -0.2) is 49.1 Å². The van der Waals surface area contributed by atoms with E-state index in [0.717, 1.165) is 5.56 Å². The van der Waals surface area contributed by atoms with Crippen molar-refractivity contribution in [2.45, 2.75) is 4.90 Å². The molecular formula is C20H20N4O3S. The number of aromatic nitrogens is 2. The van der Waals surface area contributed by atoms with E-state index in [4.69, 9.17) is 0 Å². The normalized spacial score (nSPS) is 15.5. The molecule has 0 amide bonds. The molecule has 0 bridgehead atoms. The number of H-pyrrole nitrogens is 1. The summed E-state index contributed by atoms with van der Waals surface area (Å²) in [6.07, 6.45) is 0. The number of aromatic amines is 1. The van der Waals surface area contributed by atoms with Gasteiger partial charge >= 0.3 is 0 Å². The van der Waals surface area contributed by atoms with Gasteiger partial charge in [0.2, 0.25) is 10.0 Å². The highest BCUT2D eigenvalue weighted by Gasteiger charge is 2.29. The first-order chi connectivity index (χ1) is 13.6. The molecule has 0 atom stereocenters. The number of nitrogens with one attached hydrogen (secondary N) is 1. The van der Waals surface area contributed by atoms with E-state index >= 15 is 0 Å². The lowest BCUT2D eigenvalue weighted by atomic mass is 10.1. The Bertz CT molecular complexity index is 1110. The lowest BCUT2D eigenvalue weighted by Crippen LogP contribution is -2.49. The standard InChI is InChI=1S/C20H20N4O3S/c25-19-15-18(20(22-21-19)16-7-3-1-4-8-16)23-11-13-24(14-12-23)28(26,27)17-9-5-2-6-10-17/h1-10,15H,11-14H2,(H,21,25). The first-order valence-electron chi connectivity index (χ1n) is 9.01. The summed E-state index contributed by atoms with van der Waals surface area (Å²) >= 11 is 0. The zero-order chi connectivity index (χ0) is 19.6. The molecule has 0 saturated carbocycles. The van der Waals surface area contributed by atoms with Gasteiger partial charge in [0.25, 0.3) is 5.56 Å². The second-order valence-corrected chi connectivity index (χ2v) is 8.47. The Labute approximate surface area is 163 Å². The summed E-state index contributed by atoms with van der Waals surface area (Å²) in [6.45, 7) is 1.66. The average molecular weight is 396 g/mol. The lowest BCUT2D eigenvalue weighted by molar-refractivity contribution is 0.385. The molecule has 1 aromatic heterocycles. The van der Waals surface area contributed by atoms with Crippen LogP contribution in [0, 0.1) is 0 Å². The van der Waals surface area contributed by atoms with Crippen molar-refractivity contribution in [1.82, 2.24) is 14.5 Å². The van der Waals surface area contributed by atoms with Crippen molar-refractivity contribution >= 4 is 15.7 Å². The van der Waals surface area contributed by atoms with Crippen molar-refractivity contribution in [2.24, 2.45) is 0 Å². The van der Waals surface area contributed by atoms with Crippen LogP contribution in [-0.2, 0) is 10.0 Å². The summed E-state index contributed by atoms with van der Waals surface area (Å²) in [6, 6.07) is 19.6. The Balaban J connectivity index is 1.58. The maximum Gasteiger partial charge on any atom is 0.266 e. The fraction of sp³-hybridized carbons (Fsp3) is 0.200. The summed E-state index contributed by atoms with van der Waals surface area (Å²) in [7, 11) is -3.51. The van der Waals surface area contributed by atoms with Crippen LogP contribution >= 0.6 is 0 Å². The third kappa shape index (κ3) is 3.56. The van der Waals surface area contributed by atoms with Crippen molar-refractivity contribution in [3.63, 3.8) is 0 Å². The smallest absolute Gasteiger partial charge is 0.266 e. The van der Waals surface area contributed by atoms with E-state index in [1.54, 1.807) is 30.3 Å². The number of rotatable bonds is 4. The minimum absolute atomic E-state index is 0.283. The topological polar surface area (TPSA) is 86.4 Å². The first kappa shape index (κ1) is 18.4. The van der Waals surface area contributed by atoms with Gasteiger partial charge < -0.3 is 4.90 Å². The van der Waals surface area contributed by atoms with Gasteiger partial charge in [0.05, 0.1) is 10.6 Å². The van der Waals surface area contributed by atoms with Crippen LogP contribution in [0.25, 0.3) is 11.3 Å². The third-order valence-electron chi connectivity index (χ3n) is 4.80. The molecule has 2 heterocycles. The van der Waals surface area contributed by atoms with Crippen LogP contribution in [0.15, 0.2) is 76.4 Å². The van der Waals surface area contributed by atoms with E-state index in [1.807, 2.05) is 35.2 Å². The van der Waals surface area contributed by atoms with Gasteiger partial charge in [-0.25, -0.2) is 13.5 Å². The fourth-order valence-corrected chi connectivity index (χ4v) is 4.80. The minimum atomic E-state index is -3.51. The van der Waals surface area contributed by atoms with Gasteiger partial charge in [0.1, 0.15) is 5.69 Å². The largest absolute Gasteiger partial charge is 0.367 e. The molecule has 4 rings (SSSR count). The van der Waals surface area contributed by atoms with Crippen LogP contribution in [0.4, 0.5) is 5.69 Å². The summed E-state index contributed by atoms with van der Waals surface area (Å²) in [5, 5.41) is 6.72. The predicted octanol–water partition coefficient (Wildman–Crippen LogP) is 1.95. The van der Waals surface area contributed by atoms with Crippen molar-refractivity contribution in [2.75, 3.05) is 31.1 Å². The molecule has 3 aromatic rings. The van der Waals surface area contributed by atoms with Gasteiger partial charge in [0, 0.05) is 37.8 Å². The molecule has 8 heteroatoms. The van der Waals surface area contributed by atoms with Crippen molar-refractivity contribution in [1.29, 1.82) is 0 Å². The van der Waals surface area contributed by atoms with Crippen molar-refractivity contribution in [3.05, 3.63) is 77.1 Å². The fourth-order valence-electron chi connectivity index (χ4n) is 3.35.